The van der Waals surface area contributed by atoms with Crippen LogP contribution in [0.25, 0.3) is 0 Å². The quantitative estimate of drug-likeness (QED) is 0.525. The number of amides is 1. The third-order valence-corrected chi connectivity index (χ3v) is 7.18. The molecule has 0 spiro atoms. The van der Waals surface area contributed by atoms with Crippen LogP contribution in [-0.2, 0) is 17.6 Å². The maximum absolute atomic E-state index is 12.8. The van der Waals surface area contributed by atoms with Crippen LogP contribution in [0.2, 0.25) is 0 Å². The predicted molar refractivity (Wildman–Crippen MR) is 133 cm³/mol. The summed E-state index contributed by atoms with van der Waals surface area (Å²) in [5.41, 5.74) is 4.74. The maximum atomic E-state index is 12.8. The van der Waals surface area contributed by atoms with Crippen LogP contribution < -0.4 is 10.6 Å². The fourth-order valence-electron chi connectivity index (χ4n) is 5.18. The highest BCUT2D eigenvalue weighted by Crippen LogP contribution is 2.24. The van der Waals surface area contributed by atoms with E-state index in [-0.39, 0.29) is 5.91 Å². The first kappa shape index (κ1) is 24.2. The molecule has 2 aliphatic heterocycles. The molecule has 4 rings (SSSR count). The zero-order valence-electron chi connectivity index (χ0n) is 20.3. The van der Waals surface area contributed by atoms with Crippen LogP contribution in [0.1, 0.15) is 58.4 Å². The summed E-state index contributed by atoms with van der Waals surface area (Å²) in [4.78, 5) is 31.7. The Bertz CT molecular complexity index is 1020. The summed E-state index contributed by atoms with van der Waals surface area (Å²) >= 11 is 0. The lowest BCUT2D eigenvalue weighted by molar-refractivity contribution is -0.139. The van der Waals surface area contributed by atoms with Crippen LogP contribution >= 0.6 is 0 Å². The van der Waals surface area contributed by atoms with Gasteiger partial charge in [0, 0.05) is 30.9 Å². The number of fused-ring (bicyclic) bond motifs is 1. The number of carboxylic acid groups (broad SMARTS) is 1. The second kappa shape index (κ2) is 11.0. The van der Waals surface area contributed by atoms with Crippen molar-refractivity contribution >= 4 is 17.7 Å². The van der Waals surface area contributed by atoms with Crippen molar-refractivity contribution in [1.82, 2.24) is 15.2 Å². The summed E-state index contributed by atoms with van der Waals surface area (Å²) in [5.74, 6) is 0.356. The molecule has 1 aromatic heterocycles. The van der Waals surface area contributed by atoms with Crippen molar-refractivity contribution in [3.05, 3.63) is 58.3 Å². The minimum absolute atomic E-state index is 0.311. The third-order valence-electron chi connectivity index (χ3n) is 7.18. The molecule has 7 nitrogen and oxygen atoms in total. The Morgan fingerprint density at radius 1 is 1.24 bits per heavy atom. The summed E-state index contributed by atoms with van der Waals surface area (Å²) in [6.45, 7) is 7.36. The Kier molecular flexibility index (Phi) is 7.83. The third kappa shape index (κ3) is 5.95. The van der Waals surface area contributed by atoms with Gasteiger partial charge >= 0.3 is 5.97 Å². The number of aliphatic carboxylic acids is 1. The summed E-state index contributed by atoms with van der Waals surface area (Å²) in [6, 6.07) is 9.13. The van der Waals surface area contributed by atoms with Crippen LogP contribution in [0.15, 0.2) is 30.3 Å². The first-order valence-electron chi connectivity index (χ1n) is 12.5. The van der Waals surface area contributed by atoms with Crippen molar-refractivity contribution in [2.45, 2.75) is 58.4 Å². The molecule has 7 heteroatoms. The minimum Gasteiger partial charge on any atom is -0.480 e. The molecule has 0 saturated carbocycles. The normalized spacial score (nSPS) is 18.7. The first-order chi connectivity index (χ1) is 16.4. The number of likely N-dealkylation sites (tertiary alicyclic amines) is 1. The lowest BCUT2D eigenvalue weighted by Crippen LogP contribution is -2.43. The Balaban J connectivity index is 1.24. The molecule has 1 unspecified atom stereocenters. The number of carboxylic acids is 1. The van der Waals surface area contributed by atoms with Gasteiger partial charge in [-0.05, 0) is 87.6 Å². The number of nitrogens with zero attached hydrogens (tertiary/aromatic N) is 2. The number of anilines is 1. The van der Waals surface area contributed by atoms with Gasteiger partial charge in [0.15, 0.2) is 0 Å². The van der Waals surface area contributed by atoms with E-state index in [0.29, 0.717) is 24.4 Å². The largest absolute Gasteiger partial charge is 0.480 e. The van der Waals surface area contributed by atoms with Gasteiger partial charge in [-0.1, -0.05) is 24.3 Å². The smallest absolute Gasteiger partial charge is 0.326 e. The van der Waals surface area contributed by atoms with Gasteiger partial charge in [-0.25, -0.2) is 9.78 Å². The number of hydrogen-bond acceptors (Lipinski definition) is 5. The van der Waals surface area contributed by atoms with Gasteiger partial charge in [0.25, 0.3) is 5.91 Å². The van der Waals surface area contributed by atoms with Crippen LogP contribution in [0.3, 0.4) is 0 Å². The Labute approximate surface area is 202 Å². The van der Waals surface area contributed by atoms with Gasteiger partial charge in [0.05, 0.1) is 0 Å². The fourth-order valence-corrected chi connectivity index (χ4v) is 5.18. The Morgan fingerprint density at radius 2 is 2.03 bits per heavy atom. The number of rotatable bonds is 9. The van der Waals surface area contributed by atoms with Crippen LogP contribution in [-0.4, -0.2) is 59.1 Å². The highest BCUT2D eigenvalue weighted by molar-refractivity contribution is 5.99. The monoisotopic (exact) mass is 464 g/mol. The molecule has 34 heavy (non-hydrogen) atoms. The standard InChI is InChI=1S/C27H36N4O3/c1-18-5-3-6-19(2)24(18)26(32)30-23(27(33)34)13-16-31-15-12-20(17-31)8-10-22-11-9-21-7-4-14-28-25(21)29-22/h3,5-6,9,11,20,23H,4,7-8,10,12-17H2,1-2H3,(H,28,29)(H,30,32)(H,33,34)/t20-,23?/m0/s1. The molecule has 1 saturated heterocycles. The minimum atomic E-state index is -0.984. The SMILES string of the molecule is Cc1cccc(C)c1C(=O)NC(CCN1CC[C@H](CCc2ccc3c(n2)NCCC3)C1)C(=O)O. The number of nitrogens with one attached hydrogen (secondary N) is 2. The number of carbonyl (C=O) groups excluding carboxylic acids is 1. The predicted octanol–water partition coefficient (Wildman–Crippen LogP) is 3.58. The van der Waals surface area contributed by atoms with Crippen molar-refractivity contribution < 1.29 is 14.7 Å². The molecule has 0 aliphatic carbocycles. The molecule has 182 valence electrons. The molecule has 3 heterocycles. The zero-order chi connectivity index (χ0) is 24.1. The molecule has 2 aromatic rings. The summed E-state index contributed by atoms with van der Waals surface area (Å²) in [5, 5.41) is 15.8. The number of carbonyl (C=O) groups is 2. The zero-order valence-corrected chi connectivity index (χ0v) is 20.3. The average molecular weight is 465 g/mol. The number of aromatic nitrogens is 1. The number of pyridine rings is 1. The summed E-state index contributed by atoms with van der Waals surface area (Å²) in [6.07, 6.45) is 5.86. The molecular weight excluding hydrogens is 428 g/mol. The van der Waals surface area contributed by atoms with Crippen molar-refractivity contribution in [3.63, 3.8) is 0 Å². The van der Waals surface area contributed by atoms with E-state index in [2.05, 4.69) is 27.7 Å². The molecular formula is C27H36N4O3. The van der Waals surface area contributed by atoms with E-state index in [9.17, 15) is 14.7 Å². The number of hydrogen-bond donors (Lipinski definition) is 3. The second-order valence-electron chi connectivity index (χ2n) is 9.75. The Hall–Kier alpha value is -2.93. The van der Waals surface area contributed by atoms with Crippen LogP contribution in [0.5, 0.6) is 0 Å². The molecule has 1 amide bonds. The second-order valence-corrected chi connectivity index (χ2v) is 9.75. The van der Waals surface area contributed by atoms with Crippen LogP contribution in [0, 0.1) is 19.8 Å². The fraction of sp³-hybridized carbons (Fsp3) is 0.519. The lowest BCUT2D eigenvalue weighted by Gasteiger charge is -2.21. The highest BCUT2D eigenvalue weighted by atomic mass is 16.4. The lowest BCUT2D eigenvalue weighted by atomic mass is 10.00. The van der Waals surface area contributed by atoms with Gasteiger partial charge in [0.1, 0.15) is 11.9 Å². The summed E-state index contributed by atoms with van der Waals surface area (Å²) in [7, 11) is 0. The molecule has 0 bridgehead atoms. The number of aryl methyl sites for hydroxylation is 4. The Morgan fingerprint density at radius 3 is 2.79 bits per heavy atom. The van der Waals surface area contributed by atoms with E-state index in [1.807, 2.05) is 32.0 Å². The molecule has 2 atom stereocenters. The molecule has 1 aromatic carbocycles. The average Bonchev–Trinajstić information content (AvgIpc) is 3.28. The van der Waals surface area contributed by atoms with Gasteiger partial charge in [-0.2, -0.15) is 0 Å². The molecule has 1 fully saturated rings. The highest BCUT2D eigenvalue weighted by Gasteiger charge is 2.26. The van der Waals surface area contributed by atoms with E-state index in [0.717, 1.165) is 68.0 Å². The molecule has 0 radical (unpaired) electrons. The topological polar surface area (TPSA) is 94.6 Å². The van der Waals surface area contributed by atoms with Crippen molar-refractivity contribution in [1.29, 1.82) is 0 Å². The molecule has 2 aliphatic rings. The van der Waals surface area contributed by atoms with Crippen molar-refractivity contribution in [2.24, 2.45) is 5.92 Å². The van der Waals surface area contributed by atoms with E-state index in [4.69, 9.17) is 4.98 Å². The molecule has 3 N–H and O–H groups in total. The van der Waals surface area contributed by atoms with Crippen molar-refractivity contribution in [3.8, 4) is 0 Å². The van der Waals surface area contributed by atoms with Crippen molar-refractivity contribution in [2.75, 3.05) is 31.5 Å². The van der Waals surface area contributed by atoms with Crippen LogP contribution in [0.4, 0.5) is 5.82 Å². The van der Waals surface area contributed by atoms with Gasteiger partial charge in [-0.3, -0.25) is 4.79 Å². The summed E-state index contributed by atoms with van der Waals surface area (Å²) < 4.78 is 0. The first-order valence-corrected chi connectivity index (χ1v) is 12.5. The van der Waals surface area contributed by atoms with Gasteiger partial charge in [0.2, 0.25) is 0 Å². The van der Waals surface area contributed by atoms with E-state index in [1.165, 1.54) is 12.0 Å². The maximum Gasteiger partial charge on any atom is 0.326 e. The van der Waals surface area contributed by atoms with E-state index >= 15 is 0 Å². The number of benzene rings is 1. The van der Waals surface area contributed by atoms with Gasteiger partial charge in [-0.15, -0.1) is 0 Å². The van der Waals surface area contributed by atoms with E-state index < -0.39 is 12.0 Å². The van der Waals surface area contributed by atoms with E-state index in [1.54, 1.807) is 0 Å². The van der Waals surface area contributed by atoms with Gasteiger partial charge < -0.3 is 20.6 Å².